The van der Waals surface area contributed by atoms with Crippen LogP contribution in [0, 0.1) is 0 Å². The van der Waals surface area contributed by atoms with E-state index in [1.165, 1.54) is 26.4 Å². The molecule has 0 radical (unpaired) electrons. The zero-order valence-electron chi connectivity index (χ0n) is 10.6. The molecule has 0 unspecified atom stereocenters. The second kappa shape index (κ2) is 3.47. The summed E-state index contributed by atoms with van der Waals surface area (Å²) in [7, 11) is 0. The minimum atomic E-state index is 0.199. The highest BCUT2D eigenvalue weighted by atomic mass is 32.1. The number of ketones is 1. The first kappa shape index (κ1) is 10.6. The van der Waals surface area contributed by atoms with Gasteiger partial charge in [-0.3, -0.25) is 4.79 Å². The number of thiophene rings is 1. The van der Waals surface area contributed by atoms with Crippen LogP contribution in [0.15, 0.2) is 48.5 Å². The van der Waals surface area contributed by atoms with Gasteiger partial charge in [-0.15, -0.1) is 11.3 Å². The van der Waals surface area contributed by atoms with Crippen molar-refractivity contribution in [1.29, 1.82) is 0 Å². The Morgan fingerprint density at radius 1 is 0.800 bits per heavy atom. The average Bonchev–Trinajstić information content (AvgIpc) is 3.08. The molecule has 0 aliphatic heterocycles. The lowest BCUT2D eigenvalue weighted by atomic mass is 10.0. The molecule has 0 bridgehead atoms. The molecule has 5 rings (SSSR count). The van der Waals surface area contributed by atoms with Gasteiger partial charge in [0.1, 0.15) is 0 Å². The Kier molecular flexibility index (Phi) is 1.83. The molecule has 0 saturated heterocycles. The molecule has 0 atom stereocenters. The fourth-order valence-electron chi connectivity index (χ4n) is 3.40. The molecule has 1 aromatic heterocycles. The van der Waals surface area contributed by atoms with Crippen LogP contribution in [0.3, 0.4) is 0 Å². The monoisotopic (exact) mass is 274 g/mol. The van der Waals surface area contributed by atoms with E-state index in [1.54, 1.807) is 11.3 Å². The molecular weight excluding hydrogens is 264 g/mol. The van der Waals surface area contributed by atoms with Gasteiger partial charge in [0.2, 0.25) is 0 Å². The zero-order valence-corrected chi connectivity index (χ0v) is 11.5. The maximum atomic E-state index is 12.7. The molecule has 0 amide bonds. The van der Waals surface area contributed by atoms with Crippen molar-refractivity contribution in [2.45, 2.75) is 6.42 Å². The second-order valence-electron chi connectivity index (χ2n) is 5.31. The Morgan fingerprint density at radius 2 is 1.50 bits per heavy atom. The number of benzene rings is 2. The molecule has 0 N–H and O–H groups in total. The van der Waals surface area contributed by atoms with Crippen LogP contribution in [0.1, 0.15) is 26.4 Å². The fraction of sp³-hybridized carbons (Fsp3) is 0.0556. The summed E-state index contributed by atoms with van der Waals surface area (Å²) in [6.07, 6.45) is 0.971. The molecule has 2 aliphatic rings. The third-order valence-corrected chi connectivity index (χ3v) is 5.49. The number of hydrogen-bond acceptors (Lipinski definition) is 2. The highest BCUT2D eigenvalue weighted by molar-refractivity contribution is 7.17. The molecule has 0 fully saturated rings. The van der Waals surface area contributed by atoms with Gasteiger partial charge in [0.15, 0.2) is 5.78 Å². The predicted octanol–water partition coefficient (Wildman–Crippen LogP) is 4.53. The van der Waals surface area contributed by atoms with E-state index < -0.39 is 0 Å². The van der Waals surface area contributed by atoms with E-state index in [4.69, 9.17) is 0 Å². The van der Waals surface area contributed by atoms with Crippen molar-refractivity contribution in [3.8, 4) is 21.6 Å². The lowest BCUT2D eigenvalue weighted by Gasteiger charge is -2.00. The van der Waals surface area contributed by atoms with Crippen molar-refractivity contribution in [1.82, 2.24) is 0 Å². The van der Waals surface area contributed by atoms with E-state index in [1.807, 2.05) is 18.2 Å². The quantitative estimate of drug-likeness (QED) is 0.405. The Hall–Kier alpha value is -2.19. The van der Waals surface area contributed by atoms with Gasteiger partial charge in [-0.25, -0.2) is 0 Å². The topological polar surface area (TPSA) is 17.1 Å². The summed E-state index contributed by atoms with van der Waals surface area (Å²) in [5.74, 6) is 0.199. The summed E-state index contributed by atoms with van der Waals surface area (Å²) >= 11 is 1.79. The highest BCUT2D eigenvalue weighted by Crippen LogP contribution is 2.52. The molecule has 0 saturated carbocycles. The Morgan fingerprint density at radius 3 is 2.35 bits per heavy atom. The fourth-order valence-corrected chi connectivity index (χ4v) is 4.77. The van der Waals surface area contributed by atoms with E-state index in [2.05, 4.69) is 30.3 Å². The molecule has 3 aromatic rings. The lowest BCUT2D eigenvalue weighted by molar-refractivity contribution is 0.104. The minimum Gasteiger partial charge on any atom is -0.289 e. The van der Waals surface area contributed by atoms with Crippen molar-refractivity contribution >= 4 is 17.1 Å². The van der Waals surface area contributed by atoms with Gasteiger partial charge >= 0.3 is 0 Å². The summed E-state index contributed by atoms with van der Waals surface area (Å²) in [4.78, 5) is 15.2. The number of rotatable bonds is 0. The lowest BCUT2D eigenvalue weighted by Crippen LogP contribution is -1.96. The standard InChI is InChI=1S/C18H10OS/c19-17-12-7-3-4-8-13(12)18-16(17)15-11-6-2-1-5-10(11)9-14(15)20-18/h1-8H,9H2. The van der Waals surface area contributed by atoms with Crippen LogP contribution in [0.5, 0.6) is 0 Å². The van der Waals surface area contributed by atoms with Gasteiger partial charge in [-0.05, 0) is 11.1 Å². The number of hydrogen-bond donors (Lipinski definition) is 0. The van der Waals surface area contributed by atoms with E-state index in [-0.39, 0.29) is 5.78 Å². The van der Waals surface area contributed by atoms with Crippen molar-refractivity contribution in [3.05, 3.63) is 70.1 Å². The summed E-state index contributed by atoms with van der Waals surface area (Å²) in [5.41, 5.74) is 6.71. The molecule has 0 spiro atoms. The van der Waals surface area contributed by atoms with Gasteiger partial charge in [0.05, 0.1) is 0 Å². The summed E-state index contributed by atoms with van der Waals surface area (Å²) in [6.45, 7) is 0. The number of fused-ring (bicyclic) bond motifs is 7. The van der Waals surface area contributed by atoms with Crippen LogP contribution >= 0.6 is 11.3 Å². The number of carbonyl (C=O) groups is 1. The van der Waals surface area contributed by atoms with E-state index in [0.717, 1.165) is 23.1 Å². The third-order valence-electron chi connectivity index (χ3n) is 4.26. The first-order chi connectivity index (χ1) is 9.84. The maximum Gasteiger partial charge on any atom is 0.195 e. The summed E-state index contributed by atoms with van der Waals surface area (Å²) in [5, 5.41) is 0. The smallest absolute Gasteiger partial charge is 0.195 e. The molecule has 2 aromatic carbocycles. The van der Waals surface area contributed by atoms with E-state index in [9.17, 15) is 4.79 Å². The van der Waals surface area contributed by atoms with Crippen molar-refractivity contribution in [2.75, 3.05) is 0 Å². The van der Waals surface area contributed by atoms with Crippen LogP contribution in [-0.2, 0) is 6.42 Å². The highest BCUT2D eigenvalue weighted by Gasteiger charge is 2.36. The predicted molar refractivity (Wildman–Crippen MR) is 81.4 cm³/mol. The van der Waals surface area contributed by atoms with Crippen molar-refractivity contribution in [2.24, 2.45) is 0 Å². The second-order valence-corrected chi connectivity index (χ2v) is 6.42. The normalized spacial score (nSPS) is 13.9. The molecular formula is C18H10OS. The summed E-state index contributed by atoms with van der Waals surface area (Å²) < 4.78 is 0. The average molecular weight is 274 g/mol. The zero-order chi connectivity index (χ0) is 13.3. The SMILES string of the molecule is O=C1c2ccccc2-c2sc3c(c21)-c1ccccc1C3. The molecule has 2 heteroatoms. The Balaban J connectivity index is 1.87. The summed E-state index contributed by atoms with van der Waals surface area (Å²) in [6, 6.07) is 16.4. The Labute approximate surface area is 120 Å². The van der Waals surface area contributed by atoms with Crippen LogP contribution < -0.4 is 0 Å². The van der Waals surface area contributed by atoms with Crippen LogP contribution in [0.4, 0.5) is 0 Å². The molecule has 94 valence electrons. The van der Waals surface area contributed by atoms with Crippen molar-refractivity contribution < 1.29 is 4.79 Å². The largest absolute Gasteiger partial charge is 0.289 e. The maximum absolute atomic E-state index is 12.7. The van der Waals surface area contributed by atoms with Gasteiger partial charge in [-0.2, -0.15) is 0 Å². The van der Waals surface area contributed by atoms with Crippen LogP contribution in [0.25, 0.3) is 21.6 Å². The molecule has 1 heterocycles. The third kappa shape index (κ3) is 1.11. The van der Waals surface area contributed by atoms with E-state index >= 15 is 0 Å². The Bertz CT molecular complexity index is 902. The van der Waals surface area contributed by atoms with Crippen LogP contribution in [-0.4, -0.2) is 5.78 Å². The minimum absolute atomic E-state index is 0.199. The van der Waals surface area contributed by atoms with Gasteiger partial charge in [0, 0.05) is 38.4 Å². The van der Waals surface area contributed by atoms with Gasteiger partial charge < -0.3 is 0 Å². The molecule has 2 aliphatic carbocycles. The first-order valence-corrected chi connectivity index (χ1v) is 7.54. The van der Waals surface area contributed by atoms with Gasteiger partial charge in [-0.1, -0.05) is 48.5 Å². The van der Waals surface area contributed by atoms with Gasteiger partial charge in [0.25, 0.3) is 0 Å². The molecule has 1 nitrogen and oxygen atoms in total. The van der Waals surface area contributed by atoms with Crippen molar-refractivity contribution in [3.63, 3.8) is 0 Å². The van der Waals surface area contributed by atoms with E-state index in [0.29, 0.717) is 0 Å². The van der Waals surface area contributed by atoms with Crippen LogP contribution in [0.2, 0.25) is 0 Å². The number of carbonyl (C=O) groups excluding carboxylic acids is 1. The molecule has 20 heavy (non-hydrogen) atoms. The first-order valence-electron chi connectivity index (χ1n) is 6.72.